The Morgan fingerprint density at radius 3 is 3.00 bits per heavy atom. The molecule has 0 saturated carbocycles. The first-order valence-corrected chi connectivity index (χ1v) is 4.28. The molecule has 1 aromatic heterocycles. The van der Waals surface area contributed by atoms with Crippen molar-refractivity contribution in [3.05, 3.63) is 24.2 Å². The van der Waals surface area contributed by atoms with Crippen molar-refractivity contribution in [3.63, 3.8) is 0 Å². The lowest BCUT2D eigenvalue weighted by Gasteiger charge is -2.07. The Morgan fingerprint density at radius 1 is 1.69 bits per heavy atom. The van der Waals surface area contributed by atoms with Crippen molar-refractivity contribution in [1.82, 2.24) is 0 Å². The second kappa shape index (κ2) is 4.82. The summed E-state index contributed by atoms with van der Waals surface area (Å²) in [5.74, 6) is 0.366. The number of ether oxygens (including phenoxy) is 1. The van der Waals surface area contributed by atoms with Crippen molar-refractivity contribution in [2.45, 2.75) is 13.3 Å². The van der Waals surface area contributed by atoms with Crippen molar-refractivity contribution in [2.24, 2.45) is 5.92 Å². The number of carbonyl (C=O) groups is 1. The van der Waals surface area contributed by atoms with Gasteiger partial charge in [0.1, 0.15) is 6.26 Å². The Kier molecular flexibility index (Phi) is 3.71. The first-order chi connectivity index (χ1) is 6.24. The van der Waals surface area contributed by atoms with Gasteiger partial charge in [-0.2, -0.15) is 0 Å². The lowest BCUT2D eigenvalue weighted by atomic mass is 10.0. The van der Waals surface area contributed by atoms with Crippen LogP contribution in [0.25, 0.3) is 0 Å². The zero-order valence-electron chi connectivity index (χ0n) is 7.95. The van der Waals surface area contributed by atoms with Gasteiger partial charge in [0.2, 0.25) is 0 Å². The number of rotatable bonds is 5. The number of hydrogen-bond donors (Lipinski definition) is 0. The second-order valence-corrected chi connectivity index (χ2v) is 3.20. The lowest BCUT2D eigenvalue weighted by Crippen LogP contribution is -2.10. The Morgan fingerprint density at radius 2 is 2.46 bits per heavy atom. The minimum atomic E-state index is 0.110. The molecule has 0 N–H and O–H groups in total. The van der Waals surface area contributed by atoms with E-state index in [9.17, 15) is 4.79 Å². The summed E-state index contributed by atoms with van der Waals surface area (Å²) in [5, 5.41) is 0. The van der Waals surface area contributed by atoms with Crippen LogP contribution in [0.2, 0.25) is 0 Å². The highest BCUT2D eigenvalue weighted by molar-refractivity contribution is 5.95. The molecule has 0 aliphatic rings. The third-order valence-corrected chi connectivity index (χ3v) is 1.83. The van der Waals surface area contributed by atoms with Gasteiger partial charge < -0.3 is 9.15 Å². The average molecular weight is 182 g/mol. The Hall–Kier alpha value is -1.09. The normalized spacial score (nSPS) is 12.8. The van der Waals surface area contributed by atoms with E-state index in [2.05, 4.69) is 0 Å². The summed E-state index contributed by atoms with van der Waals surface area (Å²) >= 11 is 0. The standard InChI is InChI=1S/C10H14O3/c1-8(6-12-2)5-10(11)9-3-4-13-7-9/h3-4,7-8H,5-6H2,1-2H3. The predicted molar refractivity (Wildman–Crippen MR) is 48.7 cm³/mol. The maximum atomic E-state index is 11.5. The zero-order valence-corrected chi connectivity index (χ0v) is 7.95. The fourth-order valence-electron chi connectivity index (χ4n) is 1.20. The molecule has 1 atom stereocenters. The van der Waals surface area contributed by atoms with Crippen molar-refractivity contribution in [3.8, 4) is 0 Å². The number of carbonyl (C=O) groups excluding carboxylic acids is 1. The number of methoxy groups -OCH3 is 1. The van der Waals surface area contributed by atoms with Crippen LogP contribution in [0.4, 0.5) is 0 Å². The van der Waals surface area contributed by atoms with Crippen LogP contribution in [0.3, 0.4) is 0 Å². The minimum Gasteiger partial charge on any atom is -0.472 e. The fraction of sp³-hybridized carbons (Fsp3) is 0.500. The Labute approximate surface area is 77.7 Å². The molecule has 0 saturated heterocycles. The van der Waals surface area contributed by atoms with E-state index in [1.165, 1.54) is 12.5 Å². The van der Waals surface area contributed by atoms with Gasteiger partial charge in [-0.3, -0.25) is 4.79 Å². The van der Waals surface area contributed by atoms with Crippen molar-refractivity contribution in [1.29, 1.82) is 0 Å². The van der Waals surface area contributed by atoms with Crippen LogP contribution >= 0.6 is 0 Å². The summed E-state index contributed by atoms with van der Waals surface area (Å²) in [7, 11) is 1.64. The molecule has 3 nitrogen and oxygen atoms in total. The molecule has 0 aliphatic heterocycles. The van der Waals surface area contributed by atoms with Crippen LogP contribution in [0, 0.1) is 5.92 Å². The van der Waals surface area contributed by atoms with Crippen molar-refractivity contribution < 1.29 is 13.9 Å². The van der Waals surface area contributed by atoms with Crippen LogP contribution < -0.4 is 0 Å². The molecule has 0 bridgehead atoms. The third-order valence-electron chi connectivity index (χ3n) is 1.83. The summed E-state index contributed by atoms with van der Waals surface area (Å²) in [6.07, 6.45) is 3.49. The SMILES string of the molecule is COCC(C)CC(=O)c1ccoc1. The Bertz CT molecular complexity index is 251. The molecule has 72 valence electrons. The van der Waals surface area contributed by atoms with Gasteiger partial charge in [0.15, 0.2) is 5.78 Å². The summed E-state index contributed by atoms with van der Waals surface area (Å²) < 4.78 is 9.77. The monoisotopic (exact) mass is 182 g/mol. The number of ketones is 1. The van der Waals surface area contributed by atoms with Crippen LogP contribution in [-0.4, -0.2) is 19.5 Å². The van der Waals surface area contributed by atoms with Crippen molar-refractivity contribution in [2.75, 3.05) is 13.7 Å². The number of Topliss-reactive ketones (excluding diaryl/α,β-unsaturated/α-hetero) is 1. The van der Waals surface area contributed by atoms with E-state index in [1.807, 2.05) is 6.92 Å². The van der Waals surface area contributed by atoms with E-state index in [4.69, 9.17) is 9.15 Å². The van der Waals surface area contributed by atoms with E-state index < -0.39 is 0 Å². The zero-order chi connectivity index (χ0) is 9.68. The molecular weight excluding hydrogens is 168 g/mol. The Balaban J connectivity index is 2.42. The van der Waals surface area contributed by atoms with E-state index in [1.54, 1.807) is 13.2 Å². The van der Waals surface area contributed by atoms with Gasteiger partial charge in [0, 0.05) is 20.1 Å². The molecular formula is C10H14O3. The van der Waals surface area contributed by atoms with Gasteiger partial charge in [-0.15, -0.1) is 0 Å². The van der Waals surface area contributed by atoms with Gasteiger partial charge in [0.25, 0.3) is 0 Å². The molecule has 0 amide bonds. The van der Waals surface area contributed by atoms with E-state index in [-0.39, 0.29) is 11.7 Å². The average Bonchev–Trinajstić information content (AvgIpc) is 2.55. The highest BCUT2D eigenvalue weighted by Gasteiger charge is 2.11. The molecule has 1 unspecified atom stereocenters. The topological polar surface area (TPSA) is 39.4 Å². The molecule has 3 heteroatoms. The van der Waals surface area contributed by atoms with Crippen molar-refractivity contribution >= 4 is 5.78 Å². The summed E-state index contributed by atoms with van der Waals surface area (Å²) in [6, 6.07) is 1.68. The second-order valence-electron chi connectivity index (χ2n) is 3.20. The van der Waals surface area contributed by atoms with Crippen LogP contribution in [0.5, 0.6) is 0 Å². The minimum absolute atomic E-state index is 0.110. The molecule has 0 aromatic carbocycles. The highest BCUT2D eigenvalue weighted by atomic mass is 16.5. The molecule has 1 aromatic rings. The molecule has 0 aliphatic carbocycles. The smallest absolute Gasteiger partial charge is 0.166 e. The predicted octanol–water partition coefficient (Wildman–Crippen LogP) is 2.13. The molecule has 0 radical (unpaired) electrons. The molecule has 1 rings (SSSR count). The maximum absolute atomic E-state index is 11.5. The number of furan rings is 1. The van der Waals surface area contributed by atoms with Gasteiger partial charge in [-0.1, -0.05) is 6.92 Å². The van der Waals surface area contributed by atoms with Crippen LogP contribution in [0.15, 0.2) is 23.0 Å². The number of hydrogen-bond acceptors (Lipinski definition) is 3. The van der Waals surface area contributed by atoms with E-state index in [0.717, 1.165) is 0 Å². The van der Waals surface area contributed by atoms with Crippen LogP contribution in [0.1, 0.15) is 23.7 Å². The molecule has 1 heterocycles. The lowest BCUT2D eigenvalue weighted by molar-refractivity contribution is 0.0919. The van der Waals surface area contributed by atoms with Gasteiger partial charge in [-0.25, -0.2) is 0 Å². The van der Waals surface area contributed by atoms with E-state index >= 15 is 0 Å². The molecule has 0 spiro atoms. The first kappa shape index (κ1) is 9.99. The third kappa shape index (κ3) is 3.03. The van der Waals surface area contributed by atoms with Gasteiger partial charge >= 0.3 is 0 Å². The fourth-order valence-corrected chi connectivity index (χ4v) is 1.20. The highest BCUT2D eigenvalue weighted by Crippen LogP contribution is 2.10. The summed E-state index contributed by atoms with van der Waals surface area (Å²) in [5.41, 5.74) is 0.642. The molecule has 13 heavy (non-hydrogen) atoms. The largest absolute Gasteiger partial charge is 0.472 e. The maximum Gasteiger partial charge on any atom is 0.166 e. The van der Waals surface area contributed by atoms with Gasteiger partial charge in [-0.05, 0) is 12.0 Å². The van der Waals surface area contributed by atoms with Crippen LogP contribution in [-0.2, 0) is 4.74 Å². The summed E-state index contributed by atoms with van der Waals surface area (Å²) in [4.78, 5) is 11.5. The molecule has 0 fully saturated rings. The first-order valence-electron chi connectivity index (χ1n) is 4.28. The van der Waals surface area contributed by atoms with Gasteiger partial charge in [0.05, 0.1) is 11.8 Å². The quantitative estimate of drug-likeness (QED) is 0.655. The summed E-state index contributed by atoms with van der Waals surface area (Å²) in [6.45, 7) is 2.60. The van der Waals surface area contributed by atoms with E-state index in [0.29, 0.717) is 18.6 Å².